The van der Waals surface area contributed by atoms with E-state index < -0.39 is 0 Å². The van der Waals surface area contributed by atoms with Crippen LogP contribution in [0, 0.1) is 0 Å². The maximum Gasteiger partial charge on any atom is 0.233 e. The molecule has 0 aliphatic rings. The molecule has 0 atom stereocenters. The third-order valence-electron chi connectivity index (χ3n) is 3.49. The Labute approximate surface area is 147 Å². The smallest absolute Gasteiger partial charge is 0.233 e. The Morgan fingerprint density at radius 3 is 2.29 bits per heavy atom. The lowest BCUT2D eigenvalue weighted by Crippen LogP contribution is -2.31. The van der Waals surface area contributed by atoms with Gasteiger partial charge in [-0.2, -0.15) is 0 Å². The standard InChI is InChI=1S/C19H22N2O2S/c1-3-21(13-16-7-5-4-6-8-16)19(23)14-24-18-11-9-17(10-12-18)20-15(2)22/h4-12H,3,13-14H2,1-2H3,(H,20,22). The highest BCUT2D eigenvalue weighted by atomic mass is 32.2. The van der Waals surface area contributed by atoms with Gasteiger partial charge in [0.05, 0.1) is 5.75 Å². The molecule has 0 spiro atoms. The van der Waals surface area contributed by atoms with Crippen molar-refractivity contribution in [1.82, 2.24) is 4.90 Å². The van der Waals surface area contributed by atoms with E-state index in [-0.39, 0.29) is 11.8 Å². The number of amides is 2. The van der Waals surface area contributed by atoms with E-state index in [1.807, 2.05) is 66.4 Å². The molecular weight excluding hydrogens is 320 g/mol. The fraction of sp³-hybridized carbons (Fsp3) is 0.263. The molecule has 1 N–H and O–H groups in total. The molecule has 0 heterocycles. The summed E-state index contributed by atoms with van der Waals surface area (Å²) in [5, 5.41) is 2.73. The van der Waals surface area contributed by atoms with Crippen LogP contribution in [0.1, 0.15) is 19.4 Å². The van der Waals surface area contributed by atoms with Crippen LogP contribution in [0.25, 0.3) is 0 Å². The summed E-state index contributed by atoms with van der Waals surface area (Å²) in [5.74, 6) is 0.433. The molecule has 0 aliphatic carbocycles. The molecule has 0 aromatic heterocycles. The van der Waals surface area contributed by atoms with Crippen molar-refractivity contribution in [2.45, 2.75) is 25.3 Å². The van der Waals surface area contributed by atoms with E-state index >= 15 is 0 Å². The Bertz CT molecular complexity index is 672. The van der Waals surface area contributed by atoms with Crippen molar-refractivity contribution in [3.63, 3.8) is 0 Å². The summed E-state index contributed by atoms with van der Waals surface area (Å²) in [6, 6.07) is 17.5. The number of nitrogens with one attached hydrogen (secondary N) is 1. The molecule has 0 bridgehead atoms. The number of hydrogen-bond donors (Lipinski definition) is 1. The van der Waals surface area contributed by atoms with E-state index in [4.69, 9.17) is 0 Å². The minimum absolute atomic E-state index is 0.0925. The van der Waals surface area contributed by atoms with E-state index in [0.29, 0.717) is 18.8 Å². The molecule has 0 saturated heterocycles. The van der Waals surface area contributed by atoms with Gasteiger partial charge in [0.1, 0.15) is 0 Å². The van der Waals surface area contributed by atoms with Crippen LogP contribution in [0.2, 0.25) is 0 Å². The van der Waals surface area contributed by atoms with Gasteiger partial charge in [0.2, 0.25) is 11.8 Å². The first-order chi connectivity index (χ1) is 11.6. The molecular formula is C19H22N2O2S. The predicted molar refractivity (Wildman–Crippen MR) is 99.0 cm³/mol. The zero-order valence-electron chi connectivity index (χ0n) is 14.0. The van der Waals surface area contributed by atoms with Crippen LogP contribution in [0.5, 0.6) is 0 Å². The summed E-state index contributed by atoms with van der Waals surface area (Å²) >= 11 is 1.51. The summed E-state index contributed by atoms with van der Waals surface area (Å²) in [5.41, 5.74) is 1.90. The predicted octanol–water partition coefficient (Wildman–Crippen LogP) is 3.79. The van der Waals surface area contributed by atoms with E-state index in [1.54, 1.807) is 0 Å². The molecule has 4 nitrogen and oxygen atoms in total. The number of thioether (sulfide) groups is 1. The molecule has 0 fully saturated rings. The lowest BCUT2D eigenvalue weighted by molar-refractivity contribution is -0.128. The van der Waals surface area contributed by atoms with Crippen LogP contribution >= 0.6 is 11.8 Å². The van der Waals surface area contributed by atoms with Gasteiger partial charge in [-0.3, -0.25) is 9.59 Å². The molecule has 0 unspecified atom stereocenters. The summed E-state index contributed by atoms with van der Waals surface area (Å²) in [7, 11) is 0. The van der Waals surface area contributed by atoms with Crippen LogP contribution in [0.4, 0.5) is 5.69 Å². The van der Waals surface area contributed by atoms with Gasteiger partial charge in [0.25, 0.3) is 0 Å². The quantitative estimate of drug-likeness (QED) is 0.779. The second-order valence-corrected chi connectivity index (χ2v) is 6.44. The van der Waals surface area contributed by atoms with E-state index in [2.05, 4.69) is 5.32 Å². The second-order valence-electron chi connectivity index (χ2n) is 5.39. The van der Waals surface area contributed by atoms with Crippen LogP contribution in [-0.4, -0.2) is 29.0 Å². The van der Waals surface area contributed by atoms with Gasteiger partial charge in [-0.1, -0.05) is 30.3 Å². The summed E-state index contributed by atoms with van der Waals surface area (Å²) in [6.07, 6.45) is 0. The fourth-order valence-corrected chi connectivity index (χ4v) is 3.06. The van der Waals surface area contributed by atoms with Crippen molar-refractivity contribution >= 4 is 29.3 Å². The third kappa shape index (κ3) is 5.74. The minimum Gasteiger partial charge on any atom is -0.338 e. The minimum atomic E-state index is -0.0925. The van der Waals surface area contributed by atoms with Crippen molar-refractivity contribution < 1.29 is 9.59 Å². The Balaban J connectivity index is 1.87. The highest BCUT2D eigenvalue weighted by Crippen LogP contribution is 2.21. The largest absolute Gasteiger partial charge is 0.338 e. The lowest BCUT2D eigenvalue weighted by Gasteiger charge is -2.21. The fourth-order valence-electron chi connectivity index (χ4n) is 2.25. The van der Waals surface area contributed by atoms with Crippen LogP contribution < -0.4 is 5.32 Å². The van der Waals surface area contributed by atoms with Crippen molar-refractivity contribution in [3.8, 4) is 0 Å². The first-order valence-corrected chi connectivity index (χ1v) is 8.89. The third-order valence-corrected chi connectivity index (χ3v) is 4.48. The summed E-state index contributed by atoms with van der Waals surface area (Å²) < 4.78 is 0. The van der Waals surface area contributed by atoms with Crippen LogP contribution in [0.15, 0.2) is 59.5 Å². The summed E-state index contributed by atoms with van der Waals surface area (Å²) in [4.78, 5) is 26.3. The maximum atomic E-state index is 12.4. The van der Waals surface area contributed by atoms with Crippen LogP contribution in [-0.2, 0) is 16.1 Å². The van der Waals surface area contributed by atoms with E-state index in [1.165, 1.54) is 18.7 Å². The van der Waals surface area contributed by atoms with Crippen molar-refractivity contribution in [2.24, 2.45) is 0 Å². The molecule has 24 heavy (non-hydrogen) atoms. The zero-order valence-corrected chi connectivity index (χ0v) is 14.8. The van der Waals surface area contributed by atoms with Gasteiger partial charge in [-0.25, -0.2) is 0 Å². The number of hydrogen-bond acceptors (Lipinski definition) is 3. The van der Waals surface area contributed by atoms with Gasteiger partial charge in [0, 0.05) is 30.6 Å². The average Bonchev–Trinajstić information content (AvgIpc) is 2.59. The van der Waals surface area contributed by atoms with Crippen molar-refractivity contribution in [3.05, 3.63) is 60.2 Å². The van der Waals surface area contributed by atoms with Gasteiger partial charge in [-0.15, -0.1) is 11.8 Å². The highest BCUT2D eigenvalue weighted by molar-refractivity contribution is 8.00. The molecule has 0 radical (unpaired) electrons. The topological polar surface area (TPSA) is 49.4 Å². The molecule has 2 rings (SSSR count). The van der Waals surface area contributed by atoms with Crippen molar-refractivity contribution in [1.29, 1.82) is 0 Å². The Kier molecular flexibility index (Phi) is 6.88. The Morgan fingerprint density at radius 1 is 1.04 bits per heavy atom. The Hall–Kier alpha value is -2.27. The second kappa shape index (κ2) is 9.13. The SMILES string of the molecule is CCN(Cc1ccccc1)C(=O)CSc1ccc(NC(C)=O)cc1. The molecule has 5 heteroatoms. The molecule has 2 amide bonds. The molecule has 2 aromatic rings. The van der Waals surface area contributed by atoms with Gasteiger partial charge in [0.15, 0.2) is 0 Å². The zero-order chi connectivity index (χ0) is 17.4. The average molecular weight is 342 g/mol. The first-order valence-electron chi connectivity index (χ1n) is 7.90. The van der Waals surface area contributed by atoms with E-state index in [9.17, 15) is 9.59 Å². The Morgan fingerprint density at radius 2 is 1.71 bits per heavy atom. The maximum absolute atomic E-state index is 12.4. The van der Waals surface area contributed by atoms with E-state index in [0.717, 1.165) is 16.1 Å². The highest BCUT2D eigenvalue weighted by Gasteiger charge is 2.12. The monoisotopic (exact) mass is 342 g/mol. The van der Waals surface area contributed by atoms with Crippen molar-refractivity contribution in [2.75, 3.05) is 17.6 Å². The molecule has 2 aromatic carbocycles. The number of carbonyl (C=O) groups excluding carboxylic acids is 2. The number of carbonyl (C=O) groups is 2. The van der Waals surface area contributed by atoms with Gasteiger partial charge >= 0.3 is 0 Å². The molecule has 126 valence electrons. The number of anilines is 1. The molecule has 0 aliphatic heterocycles. The molecule has 0 saturated carbocycles. The number of rotatable bonds is 7. The van der Waals surface area contributed by atoms with Crippen LogP contribution in [0.3, 0.4) is 0 Å². The lowest BCUT2D eigenvalue weighted by atomic mass is 10.2. The van der Waals surface area contributed by atoms with Gasteiger partial charge < -0.3 is 10.2 Å². The number of nitrogens with zero attached hydrogens (tertiary/aromatic N) is 1. The first kappa shape index (κ1) is 18.1. The normalized spacial score (nSPS) is 10.2. The summed E-state index contributed by atoms with van der Waals surface area (Å²) in [6.45, 7) is 4.80. The number of benzene rings is 2. The van der Waals surface area contributed by atoms with Gasteiger partial charge in [-0.05, 0) is 36.8 Å².